The molecule has 0 aromatic heterocycles. The summed E-state index contributed by atoms with van der Waals surface area (Å²) in [5, 5.41) is 2.92. The Balaban J connectivity index is 1.92. The van der Waals surface area contributed by atoms with E-state index in [2.05, 4.69) is 5.32 Å². The fourth-order valence-corrected chi connectivity index (χ4v) is 2.24. The molecule has 1 amide bonds. The predicted molar refractivity (Wildman–Crippen MR) is 92.8 cm³/mol. The van der Waals surface area contributed by atoms with E-state index in [4.69, 9.17) is 14.2 Å². The van der Waals surface area contributed by atoms with Crippen molar-refractivity contribution in [1.82, 2.24) is 5.32 Å². The van der Waals surface area contributed by atoms with Crippen molar-refractivity contribution in [2.45, 2.75) is 19.9 Å². The largest absolute Gasteiger partial charge is 0.496 e. The van der Waals surface area contributed by atoms with Gasteiger partial charge in [-0.3, -0.25) is 4.79 Å². The molecule has 5 heteroatoms. The lowest BCUT2D eigenvalue weighted by molar-refractivity contribution is -0.123. The van der Waals surface area contributed by atoms with Gasteiger partial charge in [-0.2, -0.15) is 0 Å². The van der Waals surface area contributed by atoms with E-state index in [0.717, 1.165) is 5.56 Å². The third-order valence-electron chi connectivity index (χ3n) is 3.65. The molecular weight excluding hydrogens is 306 g/mol. The zero-order valence-electron chi connectivity index (χ0n) is 14.5. The molecule has 0 saturated heterocycles. The molecule has 0 heterocycles. The van der Waals surface area contributed by atoms with Gasteiger partial charge in [0.15, 0.2) is 6.61 Å². The van der Waals surface area contributed by atoms with Crippen LogP contribution in [-0.2, 0) is 4.79 Å². The summed E-state index contributed by atoms with van der Waals surface area (Å²) in [6, 6.07) is 13.1. The number of hydrogen-bond donors (Lipinski definition) is 1. The normalized spacial score (nSPS) is 11.5. The van der Waals surface area contributed by atoms with E-state index in [0.29, 0.717) is 17.2 Å². The van der Waals surface area contributed by atoms with Crippen LogP contribution in [0.1, 0.15) is 24.1 Å². The number of rotatable bonds is 7. The van der Waals surface area contributed by atoms with Gasteiger partial charge in [-0.15, -0.1) is 0 Å². The average molecular weight is 329 g/mol. The topological polar surface area (TPSA) is 56.8 Å². The third kappa shape index (κ3) is 4.91. The molecule has 0 aliphatic rings. The Morgan fingerprint density at radius 2 is 1.54 bits per heavy atom. The maximum Gasteiger partial charge on any atom is 0.258 e. The second-order valence-electron chi connectivity index (χ2n) is 5.54. The van der Waals surface area contributed by atoms with Crippen LogP contribution in [0.2, 0.25) is 0 Å². The Morgan fingerprint density at radius 3 is 2.08 bits per heavy atom. The summed E-state index contributed by atoms with van der Waals surface area (Å²) in [4.78, 5) is 12.1. The molecule has 1 unspecified atom stereocenters. The van der Waals surface area contributed by atoms with Crippen molar-refractivity contribution in [3.05, 3.63) is 53.6 Å². The van der Waals surface area contributed by atoms with Gasteiger partial charge in [0.1, 0.15) is 17.2 Å². The van der Waals surface area contributed by atoms with Crippen molar-refractivity contribution in [3.63, 3.8) is 0 Å². The Bertz CT molecular complexity index is 660. The molecule has 0 aliphatic carbocycles. The van der Waals surface area contributed by atoms with Gasteiger partial charge in [0, 0.05) is 18.2 Å². The zero-order valence-corrected chi connectivity index (χ0v) is 14.5. The van der Waals surface area contributed by atoms with Crippen LogP contribution in [0.3, 0.4) is 0 Å². The molecule has 0 radical (unpaired) electrons. The van der Waals surface area contributed by atoms with Crippen LogP contribution < -0.4 is 19.5 Å². The molecule has 2 aromatic rings. The molecule has 0 aliphatic heterocycles. The van der Waals surface area contributed by atoms with Crippen molar-refractivity contribution in [1.29, 1.82) is 0 Å². The number of methoxy groups -OCH3 is 2. The Kier molecular flexibility index (Phi) is 6.07. The lowest BCUT2D eigenvalue weighted by Gasteiger charge is -2.15. The van der Waals surface area contributed by atoms with Crippen LogP contribution in [0.15, 0.2) is 42.5 Å². The first-order valence-corrected chi connectivity index (χ1v) is 7.73. The van der Waals surface area contributed by atoms with Crippen LogP contribution in [0.5, 0.6) is 17.2 Å². The van der Waals surface area contributed by atoms with Crippen molar-refractivity contribution >= 4 is 5.91 Å². The van der Waals surface area contributed by atoms with E-state index in [-0.39, 0.29) is 18.6 Å². The van der Waals surface area contributed by atoms with Gasteiger partial charge in [-0.1, -0.05) is 29.8 Å². The fourth-order valence-electron chi connectivity index (χ4n) is 2.24. The molecule has 0 saturated carbocycles. The van der Waals surface area contributed by atoms with Crippen molar-refractivity contribution in [2.75, 3.05) is 20.8 Å². The second-order valence-corrected chi connectivity index (χ2v) is 5.54. The van der Waals surface area contributed by atoms with Crippen LogP contribution in [0.25, 0.3) is 0 Å². The van der Waals surface area contributed by atoms with Gasteiger partial charge in [0.25, 0.3) is 5.91 Å². The van der Waals surface area contributed by atoms with Gasteiger partial charge < -0.3 is 19.5 Å². The Hall–Kier alpha value is -2.69. The number of hydrogen-bond acceptors (Lipinski definition) is 4. The molecule has 24 heavy (non-hydrogen) atoms. The zero-order chi connectivity index (χ0) is 17.5. The molecule has 2 rings (SSSR count). The van der Waals surface area contributed by atoms with Crippen LogP contribution in [0.4, 0.5) is 0 Å². The number of carbonyl (C=O) groups is 1. The molecule has 0 fully saturated rings. The minimum Gasteiger partial charge on any atom is -0.496 e. The summed E-state index contributed by atoms with van der Waals surface area (Å²) in [7, 11) is 3.13. The maximum absolute atomic E-state index is 12.1. The summed E-state index contributed by atoms with van der Waals surface area (Å²) in [5.41, 5.74) is 2.24. The van der Waals surface area contributed by atoms with E-state index in [1.807, 2.05) is 38.1 Å². The minimum atomic E-state index is -0.190. The van der Waals surface area contributed by atoms with Crippen LogP contribution in [0, 0.1) is 6.92 Å². The van der Waals surface area contributed by atoms with Crippen molar-refractivity contribution < 1.29 is 19.0 Å². The molecule has 0 spiro atoms. The number of carbonyl (C=O) groups excluding carboxylic acids is 1. The molecule has 1 N–H and O–H groups in total. The monoisotopic (exact) mass is 329 g/mol. The molecular formula is C19H23NO4. The molecule has 128 valence electrons. The highest BCUT2D eigenvalue weighted by atomic mass is 16.5. The van der Waals surface area contributed by atoms with Crippen LogP contribution in [-0.4, -0.2) is 26.7 Å². The first-order chi connectivity index (χ1) is 11.5. The van der Waals surface area contributed by atoms with E-state index in [9.17, 15) is 4.79 Å². The first kappa shape index (κ1) is 17.7. The van der Waals surface area contributed by atoms with Gasteiger partial charge in [-0.05, 0) is 19.4 Å². The molecule has 5 nitrogen and oxygen atoms in total. The molecule has 2 aromatic carbocycles. The van der Waals surface area contributed by atoms with Gasteiger partial charge in [-0.25, -0.2) is 0 Å². The SMILES string of the molecule is COc1cc(OC)cc(OCC(=O)NC(C)c2ccc(C)cc2)c1. The first-order valence-electron chi connectivity index (χ1n) is 7.73. The standard InChI is InChI=1S/C19H23NO4/c1-13-5-7-15(8-6-13)14(2)20-19(21)12-24-18-10-16(22-3)9-17(11-18)23-4/h5-11,14H,12H2,1-4H3,(H,20,21). The molecule has 1 atom stereocenters. The quantitative estimate of drug-likeness (QED) is 0.847. The summed E-state index contributed by atoms with van der Waals surface area (Å²) in [5.74, 6) is 1.55. The number of ether oxygens (including phenoxy) is 3. The Labute approximate surface area is 142 Å². The van der Waals surface area contributed by atoms with Gasteiger partial charge in [0.2, 0.25) is 0 Å². The van der Waals surface area contributed by atoms with E-state index in [1.165, 1.54) is 5.56 Å². The Morgan fingerprint density at radius 1 is 1.00 bits per heavy atom. The van der Waals surface area contributed by atoms with E-state index in [1.54, 1.807) is 32.4 Å². The highest BCUT2D eigenvalue weighted by Crippen LogP contribution is 2.27. The maximum atomic E-state index is 12.1. The molecule has 0 bridgehead atoms. The number of nitrogens with one attached hydrogen (secondary N) is 1. The lowest BCUT2D eigenvalue weighted by Crippen LogP contribution is -2.31. The third-order valence-corrected chi connectivity index (χ3v) is 3.65. The highest BCUT2D eigenvalue weighted by molar-refractivity contribution is 5.78. The minimum absolute atomic E-state index is 0.0769. The van der Waals surface area contributed by atoms with Gasteiger partial charge in [0.05, 0.1) is 20.3 Å². The van der Waals surface area contributed by atoms with Gasteiger partial charge >= 0.3 is 0 Å². The van der Waals surface area contributed by atoms with E-state index < -0.39 is 0 Å². The summed E-state index contributed by atoms with van der Waals surface area (Å²) in [6.07, 6.45) is 0. The second kappa shape index (κ2) is 8.24. The number of aryl methyl sites for hydroxylation is 1. The van der Waals surface area contributed by atoms with E-state index >= 15 is 0 Å². The number of amides is 1. The summed E-state index contributed by atoms with van der Waals surface area (Å²) >= 11 is 0. The van der Waals surface area contributed by atoms with Crippen molar-refractivity contribution in [3.8, 4) is 17.2 Å². The lowest BCUT2D eigenvalue weighted by atomic mass is 10.1. The smallest absolute Gasteiger partial charge is 0.258 e. The predicted octanol–water partition coefficient (Wildman–Crippen LogP) is 3.27. The average Bonchev–Trinajstić information content (AvgIpc) is 2.60. The fraction of sp³-hybridized carbons (Fsp3) is 0.316. The summed E-state index contributed by atoms with van der Waals surface area (Å²) < 4.78 is 15.9. The highest BCUT2D eigenvalue weighted by Gasteiger charge is 2.11. The summed E-state index contributed by atoms with van der Waals surface area (Å²) in [6.45, 7) is 3.90. The number of benzene rings is 2. The van der Waals surface area contributed by atoms with Crippen molar-refractivity contribution in [2.24, 2.45) is 0 Å². The van der Waals surface area contributed by atoms with Crippen LogP contribution >= 0.6 is 0 Å².